The molecule has 0 spiro atoms. The Bertz CT molecular complexity index is 1540. The van der Waals surface area contributed by atoms with Gasteiger partial charge >= 0.3 is 7.60 Å². The van der Waals surface area contributed by atoms with Crippen LogP contribution in [-0.4, -0.2) is 102 Å². The summed E-state index contributed by atoms with van der Waals surface area (Å²) in [5.41, 5.74) is 0.763. The van der Waals surface area contributed by atoms with Gasteiger partial charge in [0, 0.05) is 10.7 Å². The molecule has 17 nitrogen and oxygen atoms in total. The number of hydrogen-bond acceptors (Lipinski definition) is 13. The number of aliphatic hydroxyl groups excluding tert-OH is 3. The molecular formula is C20H22Cl2N9O8P. The van der Waals surface area contributed by atoms with E-state index in [1.54, 1.807) is 24.3 Å². The zero-order chi connectivity index (χ0) is 28.7. The number of nitrogens with one attached hydrogen (secondary N) is 2. The summed E-state index contributed by atoms with van der Waals surface area (Å²) in [5.74, 6) is 0.150. The molecule has 214 valence electrons. The van der Waals surface area contributed by atoms with Crippen molar-refractivity contribution in [1.29, 1.82) is 0 Å². The number of aromatic amines is 1. The van der Waals surface area contributed by atoms with Gasteiger partial charge in [-0.1, -0.05) is 22.9 Å². The standard InChI is InChI=1S/C20H22Cl2N9O8P/c21-9-2-1-3-10(4-9)24-16-11-6-23-31(17(11)26-19(22)25-16)18-15(34)14(33)12(39-18)7-38-20(8-32,40(35,36)37)5-13-27-29-30-28-13/h1-4,6,12,14-15,18,32-34H,5,7-8H2,(H,24,25,26)(H2,35,36,37)(H,27,28,29,30)/t12-,14-,15-,18-,20+/m1/s1. The van der Waals surface area contributed by atoms with E-state index in [9.17, 15) is 29.7 Å². The molecule has 40 heavy (non-hydrogen) atoms. The van der Waals surface area contributed by atoms with Gasteiger partial charge in [0.2, 0.25) is 5.28 Å². The molecule has 5 rings (SSSR count). The van der Waals surface area contributed by atoms with Crippen molar-refractivity contribution >= 4 is 53.3 Å². The highest BCUT2D eigenvalue weighted by atomic mass is 35.5. The summed E-state index contributed by atoms with van der Waals surface area (Å²) in [6.45, 7) is -1.77. The first-order valence-electron chi connectivity index (χ1n) is 11.5. The van der Waals surface area contributed by atoms with Crippen LogP contribution in [0.2, 0.25) is 10.3 Å². The van der Waals surface area contributed by atoms with E-state index in [0.29, 0.717) is 16.1 Å². The van der Waals surface area contributed by atoms with Crippen LogP contribution in [0.15, 0.2) is 30.5 Å². The number of benzene rings is 1. The fourth-order valence-corrected chi connectivity index (χ4v) is 5.26. The molecule has 0 saturated carbocycles. The maximum atomic E-state index is 12.3. The number of hydrogen-bond donors (Lipinski definition) is 7. The first-order valence-corrected chi connectivity index (χ1v) is 13.9. The summed E-state index contributed by atoms with van der Waals surface area (Å²) in [7, 11) is -5.14. The molecule has 0 amide bonds. The first-order chi connectivity index (χ1) is 19.0. The second-order valence-electron chi connectivity index (χ2n) is 8.81. The molecule has 4 aromatic rings. The minimum absolute atomic E-state index is 0.134. The number of halogens is 2. The SMILES string of the molecule is O=P(O)(O)[C@](CO)(Cc1nn[nH]n1)OC[C@H]1O[C@@H](n2ncc3c(Nc4cccc(Cl)c4)nc(Cl)nc32)[C@H](O)[C@@H]1O. The summed E-state index contributed by atoms with van der Waals surface area (Å²) in [6.07, 6.45) is -4.96. The lowest BCUT2D eigenvalue weighted by Gasteiger charge is -2.32. The van der Waals surface area contributed by atoms with Crippen LogP contribution in [0.5, 0.6) is 0 Å². The Hall–Kier alpha value is -2.83. The molecule has 20 heteroatoms. The third-order valence-corrected chi connectivity index (χ3v) is 8.10. The van der Waals surface area contributed by atoms with E-state index in [1.807, 2.05) is 0 Å². The van der Waals surface area contributed by atoms with Crippen molar-refractivity contribution in [3.8, 4) is 0 Å². The Labute approximate surface area is 234 Å². The van der Waals surface area contributed by atoms with Crippen molar-refractivity contribution in [2.45, 2.75) is 36.3 Å². The van der Waals surface area contributed by atoms with Crippen molar-refractivity contribution in [1.82, 2.24) is 40.4 Å². The number of nitrogens with zero attached hydrogens (tertiary/aromatic N) is 7. The highest BCUT2D eigenvalue weighted by Crippen LogP contribution is 2.53. The molecule has 1 aromatic carbocycles. The van der Waals surface area contributed by atoms with Crippen LogP contribution in [0, 0.1) is 0 Å². The molecule has 0 bridgehead atoms. The van der Waals surface area contributed by atoms with E-state index in [2.05, 4.69) is 41.0 Å². The van der Waals surface area contributed by atoms with Crippen molar-refractivity contribution in [2.75, 3.05) is 18.5 Å². The van der Waals surface area contributed by atoms with E-state index in [1.165, 1.54) is 10.9 Å². The molecular weight excluding hydrogens is 596 g/mol. The van der Waals surface area contributed by atoms with Crippen LogP contribution >= 0.6 is 30.8 Å². The number of H-pyrrole nitrogens is 1. The molecule has 0 radical (unpaired) electrons. The predicted octanol–water partition coefficient (Wildman–Crippen LogP) is 0.135. The number of rotatable bonds is 10. The third-order valence-electron chi connectivity index (χ3n) is 6.21. The number of ether oxygens (including phenoxy) is 2. The highest BCUT2D eigenvalue weighted by Gasteiger charge is 2.52. The van der Waals surface area contributed by atoms with Crippen molar-refractivity contribution < 1.29 is 39.1 Å². The molecule has 5 atom stereocenters. The zero-order valence-corrected chi connectivity index (χ0v) is 22.5. The van der Waals surface area contributed by atoms with Crippen LogP contribution in [0.4, 0.5) is 11.5 Å². The lowest BCUT2D eigenvalue weighted by atomic mass is 10.1. The summed E-state index contributed by atoms with van der Waals surface area (Å²) in [4.78, 5) is 28.3. The average molecular weight is 618 g/mol. The number of aliphatic hydroxyl groups is 3. The molecule has 1 aliphatic rings. The van der Waals surface area contributed by atoms with Gasteiger partial charge in [-0.25, -0.2) is 4.68 Å². The highest BCUT2D eigenvalue weighted by molar-refractivity contribution is 7.53. The van der Waals surface area contributed by atoms with Gasteiger partial charge in [-0.3, -0.25) is 4.57 Å². The second kappa shape index (κ2) is 11.2. The predicted molar refractivity (Wildman–Crippen MR) is 137 cm³/mol. The van der Waals surface area contributed by atoms with E-state index >= 15 is 0 Å². The normalized spacial score (nSPS) is 23.0. The number of anilines is 2. The molecule has 0 aliphatic carbocycles. The number of tetrazole rings is 1. The Morgan fingerprint density at radius 1 is 1.23 bits per heavy atom. The van der Waals surface area contributed by atoms with Crippen molar-refractivity contribution in [3.63, 3.8) is 0 Å². The molecule has 1 saturated heterocycles. The lowest BCUT2D eigenvalue weighted by Crippen LogP contribution is -2.43. The Morgan fingerprint density at radius 2 is 2.02 bits per heavy atom. The van der Waals surface area contributed by atoms with Crippen molar-refractivity contribution in [2.24, 2.45) is 0 Å². The fraction of sp³-hybridized carbons (Fsp3) is 0.400. The smallest absolute Gasteiger partial charge is 0.359 e. The van der Waals surface area contributed by atoms with Gasteiger partial charge in [0.1, 0.15) is 24.1 Å². The van der Waals surface area contributed by atoms with E-state index in [0.717, 1.165) is 0 Å². The van der Waals surface area contributed by atoms with Crippen LogP contribution in [0.25, 0.3) is 11.0 Å². The van der Waals surface area contributed by atoms with Gasteiger partial charge in [-0.05, 0) is 29.8 Å². The third kappa shape index (κ3) is 5.53. The van der Waals surface area contributed by atoms with Gasteiger partial charge in [-0.2, -0.15) is 20.3 Å². The second-order valence-corrected chi connectivity index (χ2v) is 11.5. The zero-order valence-electron chi connectivity index (χ0n) is 20.1. The minimum atomic E-state index is -5.14. The topological polar surface area (TPSA) is 247 Å². The van der Waals surface area contributed by atoms with Gasteiger partial charge < -0.3 is 39.9 Å². The van der Waals surface area contributed by atoms with Gasteiger partial charge in [0.15, 0.2) is 23.0 Å². The average Bonchev–Trinajstić information content (AvgIpc) is 3.62. The largest absolute Gasteiger partial charge is 0.393 e. The quantitative estimate of drug-likeness (QED) is 0.0922. The Balaban J connectivity index is 1.39. The molecule has 4 heterocycles. The Morgan fingerprint density at radius 3 is 2.70 bits per heavy atom. The summed E-state index contributed by atoms with van der Waals surface area (Å²) in [5, 5.41) is 49.7. The van der Waals surface area contributed by atoms with E-state index in [-0.39, 0.29) is 22.6 Å². The molecule has 1 aliphatic heterocycles. The molecule has 7 N–H and O–H groups in total. The maximum Gasteiger partial charge on any atom is 0.359 e. The van der Waals surface area contributed by atoms with Crippen molar-refractivity contribution in [3.05, 3.63) is 46.6 Å². The van der Waals surface area contributed by atoms with E-state index < -0.39 is 57.1 Å². The van der Waals surface area contributed by atoms with Crippen LogP contribution < -0.4 is 5.32 Å². The lowest BCUT2D eigenvalue weighted by molar-refractivity contribution is -0.109. The number of aromatic nitrogens is 8. The fourth-order valence-electron chi connectivity index (χ4n) is 4.13. The van der Waals surface area contributed by atoms with Gasteiger partial charge in [0.25, 0.3) is 0 Å². The molecule has 1 fully saturated rings. The monoisotopic (exact) mass is 617 g/mol. The first kappa shape index (κ1) is 28.7. The van der Waals surface area contributed by atoms with E-state index in [4.69, 9.17) is 32.7 Å². The van der Waals surface area contributed by atoms with Gasteiger partial charge in [-0.15, -0.1) is 10.2 Å². The summed E-state index contributed by atoms with van der Waals surface area (Å²) in [6, 6.07) is 6.86. The Kier molecular flexibility index (Phi) is 8.04. The maximum absolute atomic E-state index is 12.3. The van der Waals surface area contributed by atoms with Crippen LogP contribution in [0.3, 0.4) is 0 Å². The minimum Gasteiger partial charge on any atom is -0.393 e. The molecule has 0 unspecified atom stereocenters. The number of fused-ring (bicyclic) bond motifs is 1. The molecule has 3 aromatic heterocycles. The van der Waals surface area contributed by atoms with Crippen LogP contribution in [0.1, 0.15) is 12.1 Å². The van der Waals surface area contributed by atoms with Crippen LogP contribution in [-0.2, 0) is 20.5 Å². The summed E-state index contributed by atoms with van der Waals surface area (Å²) < 4.78 is 24.7. The van der Waals surface area contributed by atoms with Gasteiger partial charge in [0.05, 0.1) is 31.2 Å². The summed E-state index contributed by atoms with van der Waals surface area (Å²) >= 11 is 12.2.